The summed E-state index contributed by atoms with van der Waals surface area (Å²) in [6.07, 6.45) is -4.19. The molecule has 0 bridgehead atoms. The van der Waals surface area contributed by atoms with Crippen LogP contribution in [0.5, 0.6) is 0 Å². The largest absolute Gasteiger partial charge is 0.542 e. The summed E-state index contributed by atoms with van der Waals surface area (Å²) in [7, 11) is 0. The summed E-state index contributed by atoms with van der Waals surface area (Å²) in [6.45, 7) is 6.67. The number of carbonyl (C=O) groups excluding carboxylic acids is 2. The Hall–Kier alpha value is -1.76. The van der Waals surface area contributed by atoms with Crippen LogP contribution in [0.2, 0.25) is 0 Å². The molecule has 2 heterocycles. The lowest BCUT2D eigenvalue weighted by atomic mass is 9.70. The third-order valence-corrected chi connectivity index (χ3v) is 6.06. The van der Waals surface area contributed by atoms with Gasteiger partial charge in [0.25, 0.3) is 0 Å². The second kappa shape index (κ2) is 9.00. The fourth-order valence-corrected chi connectivity index (χ4v) is 4.07. The Bertz CT molecular complexity index is 725. The van der Waals surface area contributed by atoms with E-state index in [9.17, 15) is 35.1 Å². The lowest BCUT2D eigenvalue weighted by molar-refractivity contribution is -0.307. The maximum Gasteiger partial charge on any atom is 0.217 e. The monoisotopic (exact) mass is 446 g/mol. The molecule has 0 radical (unpaired) electrons. The third-order valence-electron chi connectivity index (χ3n) is 6.06. The van der Waals surface area contributed by atoms with E-state index in [1.807, 2.05) is 0 Å². The van der Waals surface area contributed by atoms with E-state index in [1.54, 1.807) is 20.8 Å². The first-order chi connectivity index (χ1) is 14.2. The Morgan fingerprint density at radius 2 is 1.77 bits per heavy atom. The van der Waals surface area contributed by atoms with Gasteiger partial charge in [0.15, 0.2) is 5.60 Å². The molecular weight excluding hydrogens is 414 g/mol. The van der Waals surface area contributed by atoms with E-state index in [0.29, 0.717) is 0 Å². The van der Waals surface area contributed by atoms with Crippen molar-refractivity contribution in [3.8, 4) is 0 Å². The number of ether oxygens (including phenoxy) is 3. The second-order valence-corrected chi connectivity index (χ2v) is 9.18. The van der Waals surface area contributed by atoms with Crippen molar-refractivity contribution in [3.05, 3.63) is 11.8 Å². The van der Waals surface area contributed by atoms with Crippen LogP contribution in [0.4, 0.5) is 0 Å². The molecule has 1 saturated heterocycles. The maximum absolute atomic E-state index is 11.6. The van der Waals surface area contributed by atoms with E-state index in [4.69, 9.17) is 14.2 Å². The van der Waals surface area contributed by atoms with Crippen molar-refractivity contribution >= 4 is 11.9 Å². The molecule has 0 aromatic rings. The highest BCUT2D eigenvalue weighted by atomic mass is 16.6. The summed E-state index contributed by atoms with van der Waals surface area (Å²) in [5.41, 5.74) is -3.78. The van der Waals surface area contributed by atoms with Crippen LogP contribution in [-0.4, -0.2) is 93.8 Å². The van der Waals surface area contributed by atoms with Crippen molar-refractivity contribution in [2.75, 3.05) is 19.8 Å². The summed E-state index contributed by atoms with van der Waals surface area (Å²) in [5.74, 6) is -2.65. The van der Waals surface area contributed by atoms with Crippen molar-refractivity contribution in [2.24, 2.45) is 5.41 Å². The van der Waals surface area contributed by atoms with Gasteiger partial charge in [0.2, 0.25) is 5.91 Å². The zero-order valence-electron chi connectivity index (χ0n) is 18.3. The average molecular weight is 446 g/mol. The van der Waals surface area contributed by atoms with Crippen molar-refractivity contribution in [1.29, 1.82) is 0 Å². The number of aliphatic hydroxyl groups excluding tert-OH is 4. The van der Waals surface area contributed by atoms with Crippen LogP contribution >= 0.6 is 0 Å². The van der Waals surface area contributed by atoms with Gasteiger partial charge in [-0.05, 0) is 26.8 Å². The summed E-state index contributed by atoms with van der Waals surface area (Å²) in [5, 5.41) is 55.0. The topological polar surface area (TPSA) is 178 Å². The highest BCUT2D eigenvalue weighted by Crippen LogP contribution is 2.42. The number of nitrogens with one attached hydrogen (secondary N) is 1. The Balaban J connectivity index is 2.19. The fraction of sp³-hybridized carbons (Fsp3) is 0.800. The summed E-state index contributed by atoms with van der Waals surface area (Å²) in [6, 6.07) is -0.803. The molecule has 2 aliphatic rings. The first kappa shape index (κ1) is 25.5. The molecule has 5 N–H and O–H groups in total. The molecule has 3 unspecified atom stereocenters. The first-order valence-electron chi connectivity index (χ1n) is 9.98. The maximum atomic E-state index is 11.6. The highest BCUT2D eigenvalue weighted by Gasteiger charge is 2.56. The van der Waals surface area contributed by atoms with E-state index < -0.39 is 65.4 Å². The molecular formula is C20H32NO10-. The standard InChI is InChI=1S/C20H33NO10/c1-10(23)21-14-16(26)19(4,13(7-22)31-18(14,2)3)8-29-9-20(5)15(25)11(24)6-12(30-20)17(27)28/h6,11,13-16,22,24-26H,7-9H2,1-5H3,(H,21,23)(H,27,28)/p-1/t11-,13?,14?,15?,16+,19+,20+/m0/s1. The van der Waals surface area contributed by atoms with Gasteiger partial charge in [0.1, 0.15) is 23.9 Å². The van der Waals surface area contributed by atoms with Gasteiger partial charge in [-0.2, -0.15) is 0 Å². The summed E-state index contributed by atoms with van der Waals surface area (Å²) in [4.78, 5) is 22.8. The molecule has 31 heavy (non-hydrogen) atoms. The minimum Gasteiger partial charge on any atom is -0.542 e. The van der Waals surface area contributed by atoms with Gasteiger partial charge in [-0.15, -0.1) is 0 Å². The minimum atomic E-state index is -1.65. The predicted molar refractivity (Wildman–Crippen MR) is 103 cm³/mol. The first-order valence-corrected chi connectivity index (χ1v) is 9.98. The van der Waals surface area contributed by atoms with Crippen molar-refractivity contribution in [3.63, 3.8) is 0 Å². The number of carbonyl (C=O) groups is 2. The number of aliphatic carboxylic acids is 1. The number of aliphatic hydroxyl groups is 4. The van der Waals surface area contributed by atoms with Crippen LogP contribution in [0.25, 0.3) is 0 Å². The van der Waals surface area contributed by atoms with Gasteiger partial charge in [-0.3, -0.25) is 4.79 Å². The number of amides is 1. The van der Waals surface area contributed by atoms with E-state index in [-0.39, 0.29) is 19.1 Å². The van der Waals surface area contributed by atoms with E-state index in [2.05, 4.69) is 5.32 Å². The molecule has 178 valence electrons. The Morgan fingerprint density at radius 3 is 2.29 bits per heavy atom. The van der Waals surface area contributed by atoms with Crippen molar-refractivity contribution in [1.82, 2.24) is 5.32 Å². The Labute approximate surface area is 180 Å². The van der Waals surface area contributed by atoms with Gasteiger partial charge in [-0.25, -0.2) is 0 Å². The molecule has 1 fully saturated rings. The van der Waals surface area contributed by atoms with Crippen LogP contribution in [0, 0.1) is 5.41 Å². The predicted octanol–water partition coefficient (Wildman–Crippen LogP) is -2.81. The molecule has 11 heteroatoms. The van der Waals surface area contributed by atoms with Crippen LogP contribution in [0.15, 0.2) is 11.8 Å². The van der Waals surface area contributed by atoms with Gasteiger partial charge in [-0.1, -0.05) is 6.92 Å². The van der Waals surface area contributed by atoms with E-state index >= 15 is 0 Å². The quantitative estimate of drug-likeness (QED) is 0.274. The van der Waals surface area contributed by atoms with Gasteiger partial charge in [0, 0.05) is 12.3 Å². The lowest BCUT2D eigenvalue weighted by Crippen LogP contribution is -2.70. The number of carboxylic acid groups (broad SMARTS) is 1. The van der Waals surface area contributed by atoms with Crippen LogP contribution < -0.4 is 10.4 Å². The summed E-state index contributed by atoms with van der Waals surface area (Å²) < 4.78 is 16.9. The molecule has 0 spiro atoms. The molecule has 2 aliphatic heterocycles. The van der Waals surface area contributed by atoms with Gasteiger partial charge in [0.05, 0.1) is 43.7 Å². The van der Waals surface area contributed by atoms with E-state index in [1.165, 1.54) is 13.8 Å². The van der Waals surface area contributed by atoms with E-state index in [0.717, 1.165) is 6.08 Å². The molecule has 2 rings (SSSR count). The van der Waals surface area contributed by atoms with Crippen LogP contribution in [0.1, 0.15) is 34.6 Å². The number of hydrogen-bond donors (Lipinski definition) is 5. The van der Waals surface area contributed by atoms with Crippen molar-refractivity contribution in [2.45, 2.75) is 76.3 Å². The molecule has 0 saturated carbocycles. The Kier molecular flexibility index (Phi) is 7.41. The average Bonchev–Trinajstić information content (AvgIpc) is 2.66. The van der Waals surface area contributed by atoms with Gasteiger partial charge >= 0.3 is 0 Å². The molecule has 7 atom stereocenters. The summed E-state index contributed by atoms with van der Waals surface area (Å²) >= 11 is 0. The van der Waals surface area contributed by atoms with Crippen LogP contribution in [-0.2, 0) is 23.8 Å². The minimum absolute atomic E-state index is 0.197. The van der Waals surface area contributed by atoms with Gasteiger partial charge < -0.3 is 49.9 Å². The fourth-order valence-electron chi connectivity index (χ4n) is 4.07. The number of carboxylic acids is 1. The second-order valence-electron chi connectivity index (χ2n) is 9.18. The zero-order chi connectivity index (χ0) is 23.8. The SMILES string of the molecule is CC(=O)NC1[C@@H](O)[C@](C)(COC[C@@]2(C)OC(C(=O)[O-])=C[C@H](O)C2O)C(CO)OC1(C)C. The number of hydrogen-bond acceptors (Lipinski definition) is 10. The molecule has 1 amide bonds. The smallest absolute Gasteiger partial charge is 0.217 e. The van der Waals surface area contributed by atoms with Crippen molar-refractivity contribution < 1.29 is 49.3 Å². The zero-order valence-corrected chi connectivity index (χ0v) is 18.3. The molecule has 0 aliphatic carbocycles. The molecule has 0 aromatic carbocycles. The molecule has 0 aromatic heterocycles. The Morgan fingerprint density at radius 1 is 1.16 bits per heavy atom. The normalized spacial score (nSPS) is 39.9. The third kappa shape index (κ3) is 5.02. The molecule has 11 nitrogen and oxygen atoms in total. The van der Waals surface area contributed by atoms with Crippen LogP contribution in [0.3, 0.4) is 0 Å². The number of rotatable bonds is 7. The lowest BCUT2D eigenvalue weighted by Gasteiger charge is -2.54. The highest BCUT2D eigenvalue weighted by molar-refractivity contribution is 5.82.